The Balaban J connectivity index is 1.26. The number of hydrogen-bond acceptors (Lipinski definition) is 10. The average Bonchev–Trinajstić information content (AvgIpc) is 3.92. The lowest BCUT2D eigenvalue weighted by Crippen LogP contribution is -2.48. The van der Waals surface area contributed by atoms with E-state index in [2.05, 4.69) is 4.72 Å². The molecule has 3 aliphatic carbocycles. The Bertz CT molecular complexity index is 1800. The number of ether oxygens (including phenoxy) is 3. The van der Waals surface area contributed by atoms with Crippen molar-refractivity contribution in [3.8, 4) is 11.5 Å². The number of hydrogen-bond donors (Lipinski definition) is 1. The second-order valence-electron chi connectivity index (χ2n) is 16.1. The molecular weight excluding hydrogens is 689 g/mol. The molecule has 4 unspecified atom stereocenters. The topological polar surface area (TPSA) is 155 Å². The van der Waals surface area contributed by atoms with Crippen LogP contribution >= 0.6 is 0 Å². The Morgan fingerprint density at radius 3 is 2.37 bits per heavy atom. The van der Waals surface area contributed by atoms with Crippen molar-refractivity contribution in [3.63, 3.8) is 0 Å². The molecule has 284 valence electrons. The van der Waals surface area contributed by atoms with Gasteiger partial charge in [-0.2, -0.15) is 8.42 Å². The number of nitrogens with zero attached hydrogens (tertiary/aromatic N) is 1. The first-order valence-corrected chi connectivity index (χ1v) is 20.0. The Morgan fingerprint density at radius 1 is 1.00 bits per heavy atom. The SMILES string of the molecule is CCC1C[C@]1(CC(=O)C1CC(Oc2cccc3cc(OC)ccc23)CN1C(=O)C(CC(=O)OC1CCCC1)C(C)(C)C)C(=O)NS(=O)(=O)OC1CC1. The van der Waals surface area contributed by atoms with Crippen molar-refractivity contribution in [2.75, 3.05) is 13.7 Å². The fraction of sp³-hybridized carbons (Fsp3) is 0.641. The van der Waals surface area contributed by atoms with Crippen LogP contribution in [0.2, 0.25) is 0 Å². The lowest BCUT2D eigenvalue weighted by molar-refractivity contribution is -0.156. The average molecular weight is 741 g/mol. The zero-order chi connectivity index (χ0) is 37.4. The van der Waals surface area contributed by atoms with Crippen molar-refractivity contribution in [1.29, 1.82) is 0 Å². The largest absolute Gasteiger partial charge is 0.497 e. The molecule has 12 nitrogen and oxygen atoms in total. The summed E-state index contributed by atoms with van der Waals surface area (Å²) in [4.78, 5) is 57.3. The zero-order valence-corrected chi connectivity index (χ0v) is 31.7. The van der Waals surface area contributed by atoms with Crippen molar-refractivity contribution in [2.24, 2.45) is 22.7 Å². The van der Waals surface area contributed by atoms with Gasteiger partial charge in [-0.3, -0.25) is 23.4 Å². The molecule has 2 aromatic carbocycles. The second kappa shape index (κ2) is 15.0. The third-order valence-corrected chi connectivity index (χ3v) is 12.2. The van der Waals surface area contributed by atoms with E-state index < -0.39 is 57.2 Å². The van der Waals surface area contributed by atoms with Gasteiger partial charge in [0.05, 0.1) is 43.6 Å². The van der Waals surface area contributed by atoms with Gasteiger partial charge in [0.25, 0.3) is 0 Å². The Kier molecular flexibility index (Phi) is 10.9. The van der Waals surface area contributed by atoms with Crippen LogP contribution in [0, 0.1) is 22.7 Å². The highest BCUT2D eigenvalue weighted by Crippen LogP contribution is 2.58. The summed E-state index contributed by atoms with van der Waals surface area (Å²) in [6.45, 7) is 7.66. The Morgan fingerprint density at radius 2 is 1.73 bits per heavy atom. The first kappa shape index (κ1) is 38.0. The van der Waals surface area contributed by atoms with Gasteiger partial charge in [-0.05, 0) is 85.9 Å². The van der Waals surface area contributed by atoms with Crippen LogP contribution in [0.3, 0.4) is 0 Å². The molecule has 1 heterocycles. The summed E-state index contributed by atoms with van der Waals surface area (Å²) in [5, 5.41) is 1.74. The number of benzene rings is 2. The highest BCUT2D eigenvalue weighted by atomic mass is 32.2. The second-order valence-corrected chi connectivity index (χ2v) is 17.4. The molecule has 1 aliphatic heterocycles. The number of Topliss-reactive ketones (excluding diaryl/α,β-unsaturated/α-hetero) is 1. The number of esters is 1. The third-order valence-electron chi connectivity index (χ3n) is 11.2. The molecule has 1 N–H and O–H groups in total. The summed E-state index contributed by atoms with van der Waals surface area (Å²) >= 11 is 0. The minimum absolute atomic E-state index is 0.0893. The van der Waals surface area contributed by atoms with E-state index in [4.69, 9.17) is 18.4 Å². The molecule has 0 bridgehead atoms. The van der Waals surface area contributed by atoms with E-state index in [1.807, 2.05) is 64.1 Å². The van der Waals surface area contributed by atoms with Crippen molar-refractivity contribution in [3.05, 3.63) is 36.4 Å². The molecule has 1 saturated heterocycles. The summed E-state index contributed by atoms with van der Waals surface area (Å²) in [7, 11) is -2.73. The maximum Gasteiger partial charge on any atom is 0.362 e. The lowest BCUT2D eigenvalue weighted by atomic mass is 9.77. The smallest absolute Gasteiger partial charge is 0.362 e. The molecule has 52 heavy (non-hydrogen) atoms. The monoisotopic (exact) mass is 740 g/mol. The number of fused-ring (bicyclic) bond motifs is 1. The standard InChI is InChI=1S/C39H52N2O10S/c1-6-25-21-39(25,37(45)40-52(46,47)51-27-14-15-27)22-33(42)32-19-29(49-34-13-9-10-24-18-28(48-5)16-17-30(24)34)23-41(32)36(44)31(38(2,3)4)20-35(43)50-26-11-7-8-12-26/h9-10,13,16-18,25-27,29,31-32H,6-8,11-12,14-15,19-23H2,1-5H3,(H,40,45)/t25?,29?,31?,32?,39-/m1/s1. The number of carbonyl (C=O) groups is 4. The van der Waals surface area contributed by atoms with Crippen LogP contribution in [0.1, 0.15) is 98.3 Å². The number of methoxy groups -OCH3 is 1. The van der Waals surface area contributed by atoms with E-state index in [1.54, 1.807) is 7.11 Å². The molecule has 4 aliphatic rings. The van der Waals surface area contributed by atoms with Crippen LogP contribution in [-0.2, 0) is 38.4 Å². The van der Waals surface area contributed by atoms with E-state index >= 15 is 0 Å². The summed E-state index contributed by atoms with van der Waals surface area (Å²) < 4.78 is 50.0. The highest BCUT2D eigenvalue weighted by molar-refractivity contribution is 7.85. The first-order valence-electron chi connectivity index (χ1n) is 18.6. The van der Waals surface area contributed by atoms with Crippen LogP contribution in [0.4, 0.5) is 0 Å². The van der Waals surface area contributed by atoms with E-state index in [9.17, 15) is 27.6 Å². The number of carbonyl (C=O) groups excluding carboxylic acids is 4. The van der Waals surface area contributed by atoms with Crippen molar-refractivity contribution < 1.29 is 46.0 Å². The third kappa shape index (κ3) is 8.56. The number of amides is 2. The predicted molar refractivity (Wildman–Crippen MR) is 193 cm³/mol. The van der Waals surface area contributed by atoms with Crippen LogP contribution in [-0.4, -0.2) is 74.9 Å². The van der Waals surface area contributed by atoms with Crippen LogP contribution in [0.15, 0.2) is 36.4 Å². The molecular formula is C39H52N2O10S. The minimum atomic E-state index is -4.33. The molecule has 2 aromatic rings. The fourth-order valence-electron chi connectivity index (χ4n) is 7.95. The highest BCUT2D eigenvalue weighted by Gasteiger charge is 2.61. The van der Waals surface area contributed by atoms with Crippen molar-refractivity contribution in [1.82, 2.24) is 9.62 Å². The maximum absolute atomic E-state index is 14.6. The molecule has 13 heteroatoms. The van der Waals surface area contributed by atoms with Gasteiger partial charge in [0, 0.05) is 18.2 Å². The number of likely N-dealkylation sites (tertiary alicyclic amines) is 1. The van der Waals surface area contributed by atoms with Gasteiger partial charge >= 0.3 is 16.3 Å². The van der Waals surface area contributed by atoms with Gasteiger partial charge in [0.15, 0.2) is 5.78 Å². The molecule has 0 radical (unpaired) electrons. The Labute approximate surface area is 306 Å². The van der Waals surface area contributed by atoms with E-state index in [1.165, 1.54) is 4.90 Å². The van der Waals surface area contributed by atoms with Crippen molar-refractivity contribution in [2.45, 2.75) is 123 Å². The molecule has 2 amide bonds. The molecule has 4 fully saturated rings. The summed E-state index contributed by atoms with van der Waals surface area (Å²) in [5.41, 5.74) is -1.88. The lowest BCUT2D eigenvalue weighted by Gasteiger charge is -2.35. The van der Waals surface area contributed by atoms with Crippen molar-refractivity contribution >= 4 is 44.6 Å². The van der Waals surface area contributed by atoms with Gasteiger partial charge in [-0.1, -0.05) is 46.2 Å². The molecule has 5 atom stereocenters. The molecule has 0 aromatic heterocycles. The van der Waals surface area contributed by atoms with Crippen LogP contribution in [0.25, 0.3) is 10.8 Å². The van der Waals surface area contributed by atoms with E-state index in [0.29, 0.717) is 37.2 Å². The number of nitrogens with one attached hydrogen (secondary N) is 1. The first-order chi connectivity index (χ1) is 24.6. The minimum Gasteiger partial charge on any atom is -0.497 e. The normalized spacial score (nSPS) is 25.5. The van der Waals surface area contributed by atoms with E-state index in [-0.39, 0.29) is 49.5 Å². The maximum atomic E-state index is 14.6. The van der Waals surface area contributed by atoms with Crippen LogP contribution in [0.5, 0.6) is 11.5 Å². The van der Waals surface area contributed by atoms with Gasteiger partial charge in [-0.25, -0.2) is 4.72 Å². The summed E-state index contributed by atoms with van der Waals surface area (Å²) in [6, 6.07) is 10.3. The summed E-state index contributed by atoms with van der Waals surface area (Å²) in [6.07, 6.45) is 4.39. The quantitative estimate of drug-likeness (QED) is 0.227. The molecule has 3 saturated carbocycles. The van der Waals surface area contributed by atoms with Gasteiger partial charge in [0.2, 0.25) is 11.8 Å². The fourth-order valence-corrected chi connectivity index (χ4v) is 8.98. The molecule has 0 spiro atoms. The van der Waals surface area contributed by atoms with E-state index in [0.717, 1.165) is 36.5 Å². The van der Waals surface area contributed by atoms with Gasteiger partial charge in [0.1, 0.15) is 23.7 Å². The Hall–Kier alpha value is -3.71. The number of ketones is 1. The predicted octanol–water partition coefficient (Wildman–Crippen LogP) is 5.65. The van der Waals surface area contributed by atoms with Gasteiger partial charge < -0.3 is 19.1 Å². The summed E-state index contributed by atoms with van der Waals surface area (Å²) in [5.74, 6) is -1.61. The zero-order valence-electron chi connectivity index (χ0n) is 30.9. The number of rotatable bonds is 15. The molecule has 6 rings (SSSR count). The van der Waals surface area contributed by atoms with Gasteiger partial charge in [-0.15, -0.1) is 0 Å². The van der Waals surface area contributed by atoms with Crippen LogP contribution < -0.4 is 14.2 Å².